The predicted molar refractivity (Wildman–Crippen MR) is 129 cm³/mol. The summed E-state index contributed by atoms with van der Waals surface area (Å²) in [5.41, 5.74) is 4.39. The fourth-order valence-electron chi connectivity index (χ4n) is 4.38. The third-order valence-electron chi connectivity index (χ3n) is 6.06. The van der Waals surface area contributed by atoms with Crippen molar-refractivity contribution in [3.63, 3.8) is 0 Å². The molecule has 1 atom stereocenters. The monoisotopic (exact) mass is 463 g/mol. The number of benzene rings is 2. The fourth-order valence-corrected chi connectivity index (χ4v) is 6.20. The molecule has 4 rings (SSSR count). The van der Waals surface area contributed by atoms with Gasteiger partial charge in [-0.2, -0.15) is 9.57 Å². The highest BCUT2D eigenvalue weighted by molar-refractivity contribution is 7.89. The van der Waals surface area contributed by atoms with E-state index in [1.54, 1.807) is 22.9 Å². The lowest BCUT2D eigenvalue weighted by Gasteiger charge is -2.32. The number of nitrogens with zero attached hydrogens (tertiary/aromatic N) is 4. The van der Waals surface area contributed by atoms with E-state index in [-0.39, 0.29) is 18.3 Å². The molecule has 1 aliphatic heterocycles. The van der Waals surface area contributed by atoms with Crippen LogP contribution in [-0.2, 0) is 29.5 Å². The van der Waals surface area contributed by atoms with Crippen molar-refractivity contribution < 1.29 is 8.42 Å². The lowest BCUT2D eigenvalue weighted by Crippen LogP contribution is -2.46. The highest BCUT2D eigenvalue weighted by Gasteiger charge is 2.35. The van der Waals surface area contributed by atoms with Crippen LogP contribution in [0.3, 0.4) is 0 Å². The Bertz CT molecular complexity index is 1200. The van der Waals surface area contributed by atoms with Crippen molar-refractivity contribution in [3.05, 3.63) is 83.4 Å². The lowest BCUT2D eigenvalue weighted by atomic mass is 10.1. The molecule has 33 heavy (non-hydrogen) atoms. The van der Waals surface area contributed by atoms with E-state index in [4.69, 9.17) is 0 Å². The number of anilines is 1. The van der Waals surface area contributed by atoms with Gasteiger partial charge in [0.05, 0.1) is 36.0 Å². The van der Waals surface area contributed by atoms with Gasteiger partial charge in [0.1, 0.15) is 0 Å². The van der Waals surface area contributed by atoms with Crippen molar-refractivity contribution in [1.82, 2.24) is 14.3 Å². The quantitative estimate of drug-likeness (QED) is 0.548. The maximum Gasteiger partial charge on any atom is 0.214 e. The second-order valence-corrected chi connectivity index (χ2v) is 10.5. The van der Waals surface area contributed by atoms with Gasteiger partial charge in [0, 0.05) is 31.0 Å². The van der Waals surface area contributed by atoms with Crippen LogP contribution in [0.1, 0.15) is 42.1 Å². The van der Waals surface area contributed by atoms with Gasteiger partial charge in [0.15, 0.2) is 0 Å². The Kier molecular flexibility index (Phi) is 7.11. The molecule has 1 aliphatic rings. The summed E-state index contributed by atoms with van der Waals surface area (Å²) in [5.74, 6) is 0.128. The number of imidazole rings is 1. The van der Waals surface area contributed by atoms with Gasteiger partial charge >= 0.3 is 0 Å². The number of H-pyrrole nitrogens is 1. The van der Waals surface area contributed by atoms with Crippen molar-refractivity contribution in [3.8, 4) is 6.07 Å². The van der Waals surface area contributed by atoms with Gasteiger partial charge in [-0.25, -0.2) is 13.4 Å². The van der Waals surface area contributed by atoms with Crippen LogP contribution in [0.4, 0.5) is 5.69 Å². The Labute approximate surface area is 195 Å². The van der Waals surface area contributed by atoms with Crippen molar-refractivity contribution in [2.75, 3.05) is 17.2 Å². The highest BCUT2D eigenvalue weighted by atomic mass is 32.2. The van der Waals surface area contributed by atoms with E-state index < -0.39 is 10.0 Å². The average Bonchev–Trinajstić information content (AvgIpc) is 3.28. The Hall–Kier alpha value is -3.15. The molecule has 2 heterocycles. The molecular formula is C25H29N5O2S. The van der Waals surface area contributed by atoms with Gasteiger partial charge in [-0.1, -0.05) is 43.7 Å². The summed E-state index contributed by atoms with van der Waals surface area (Å²) in [6.07, 6.45) is 5.49. The molecule has 0 amide bonds. The minimum Gasteiger partial charge on any atom is -0.364 e. The summed E-state index contributed by atoms with van der Waals surface area (Å²) in [4.78, 5) is 9.49. The Morgan fingerprint density at radius 1 is 1.21 bits per heavy atom. The van der Waals surface area contributed by atoms with Crippen molar-refractivity contribution in [2.45, 2.75) is 45.3 Å². The smallest absolute Gasteiger partial charge is 0.214 e. The van der Waals surface area contributed by atoms with Crippen LogP contribution in [0.5, 0.6) is 0 Å². The molecule has 0 saturated carbocycles. The maximum atomic E-state index is 13.5. The minimum absolute atomic E-state index is 0.128. The lowest BCUT2D eigenvalue weighted by molar-refractivity contribution is 0.317. The highest BCUT2D eigenvalue weighted by Crippen LogP contribution is 2.32. The van der Waals surface area contributed by atoms with E-state index in [0.717, 1.165) is 28.9 Å². The number of hydrogen-bond donors (Lipinski definition) is 1. The fraction of sp³-hybridized carbons (Fsp3) is 0.360. The standard InChI is InChI=1S/C25H29N5O2S/c1-2-3-11-33(31,32)30-16-22-12-21(14-26)9-10-25(22)29(17-23-15-27-19-28-23)18-24(30)13-20-7-5-4-6-8-20/h4-10,12,15,19,24H,2-3,11,13,16-18H2,1H3,(H,27,28)/t24-/m1/s1. The molecule has 0 bridgehead atoms. The number of rotatable bonds is 8. The first-order valence-corrected chi connectivity index (χ1v) is 12.9. The van der Waals surface area contributed by atoms with Gasteiger partial charge in [0.2, 0.25) is 10.0 Å². The number of aromatic nitrogens is 2. The van der Waals surface area contributed by atoms with E-state index in [2.05, 4.69) is 20.9 Å². The minimum atomic E-state index is -3.48. The third kappa shape index (κ3) is 5.44. The van der Waals surface area contributed by atoms with Gasteiger partial charge in [-0.05, 0) is 42.2 Å². The molecular weight excluding hydrogens is 434 g/mol. The molecule has 7 nitrogen and oxygen atoms in total. The molecule has 172 valence electrons. The zero-order valence-corrected chi connectivity index (χ0v) is 19.6. The number of nitrogens with one attached hydrogen (secondary N) is 1. The Balaban J connectivity index is 1.77. The molecule has 1 N–H and O–H groups in total. The van der Waals surface area contributed by atoms with E-state index in [1.807, 2.05) is 49.4 Å². The van der Waals surface area contributed by atoms with Gasteiger partial charge < -0.3 is 9.88 Å². The number of fused-ring (bicyclic) bond motifs is 1. The van der Waals surface area contributed by atoms with Crippen LogP contribution in [0, 0.1) is 11.3 Å². The Morgan fingerprint density at radius 3 is 2.73 bits per heavy atom. The zero-order valence-electron chi connectivity index (χ0n) is 18.8. The summed E-state index contributed by atoms with van der Waals surface area (Å²) >= 11 is 0. The van der Waals surface area contributed by atoms with Gasteiger partial charge in [-0.15, -0.1) is 0 Å². The molecule has 0 saturated heterocycles. The van der Waals surface area contributed by atoms with Crippen molar-refractivity contribution >= 4 is 15.7 Å². The third-order valence-corrected chi connectivity index (χ3v) is 8.00. The van der Waals surface area contributed by atoms with Gasteiger partial charge in [0.25, 0.3) is 0 Å². The van der Waals surface area contributed by atoms with Crippen LogP contribution >= 0.6 is 0 Å². The average molecular weight is 464 g/mol. The van der Waals surface area contributed by atoms with Crippen LogP contribution in [0.25, 0.3) is 0 Å². The van der Waals surface area contributed by atoms with Crippen LogP contribution in [-0.4, -0.2) is 41.0 Å². The summed E-state index contributed by atoms with van der Waals surface area (Å²) in [7, 11) is -3.48. The van der Waals surface area contributed by atoms with Crippen molar-refractivity contribution in [1.29, 1.82) is 5.26 Å². The number of nitriles is 1. The summed E-state index contributed by atoms with van der Waals surface area (Å²) in [6.45, 7) is 3.37. The van der Waals surface area contributed by atoms with Crippen LogP contribution < -0.4 is 4.90 Å². The van der Waals surface area contributed by atoms with Gasteiger partial charge in [-0.3, -0.25) is 0 Å². The summed E-state index contributed by atoms with van der Waals surface area (Å²) in [6, 6.07) is 17.5. The van der Waals surface area contributed by atoms with E-state index in [1.165, 1.54) is 0 Å². The van der Waals surface area contributed by atoms with E-state index >= 15 is 0 Å². The number of hydrogen-bond acceptors (Lipinski definition) is 5. The normalized spacial score (nSPS) is 16.7. The predicted octanol–water partition coefficient (Wildman–Crippen LogP) is 3.84. The molecule has 1 aromatic heterocycles. The van der Waals surface area contributed by atoms with Crippen LogP contribution in [0.15, 0.2) is 61.1 Å². The molecule has 0 unspecified atom stereocenters. The molecule has 0 spiro atoms. The van der Waals surface area contributed by atoms with Crippen LogP contribution in [0.2, 0.25) is 0 Å². The largest absolute Gasteiger partial charge is 0.364 e. The maximum absolute atomic E-state index is 13.5. The molecule has 8 heteroatoms. The zero-order chi connectivity index (χ0) is 23.3. The molecule has 0 aliphatic carbocycles. The van der Waals surface area contributed by atoms with E-state index in [9.17, 15) is 13.7 Å². The second kappa shape index (κ2) is 10.2. The first-order valence-electron chi connectivity index (χ1n) is 11.3. The number of sulfonamides is 1. The van der Waals surface area contributed by atoms with E-state index in [0.29, 0.717) is 31.5 Å². The molecule has 2 aromatic carbocycles. The molecule has 0 fully saturated rings. The summed E-state index contributed by atoms with van der Waals surface area (Å²) in [5, 5.41) is 9.46. The first kappa shape index (κ1) is 23.0. The first-order chi connectivity index (χ1) is 16.0. The van der Waals surface area contributed by atoms with Crippen molar-refractivity contribution in [2.24, 2.45) is 0 Å². The molecule has 0 radical (unpaired) electrons. The second-order valence-electron chi connectivity index (χ2n) is 8.47. The SMILES string of the molecule is CCCCS(=O)(=O)N1Cc2cc(C#N)ccc2N(Cc2cnc[nH]2)C[C@H]1Cc1ccccc1. The summed E-state index contributed by atoms with van der Waals surface area (Å²) < 4.78 is 28.7. The topological polar surface area (TPSA) is 93.1 Å². The number of unbranched alkanes of at least 4 members (excludes halogenated alkanes) is 1. The molecule has 3 aromatic rings. The Morgan fingerprint density at radius 2 is 2.03 bits per heavy atom. The number of aromatic amines is 1.